The Bertz CT molecular complexity index is 173. The molecule has 0 aromatic heterocycles. The molecule has 0 spiro atoms. The molecular formula is C9H19N2P+. The largest absolute Gasteiger partial charge is 0.284 e. The van der Waals surface area contributed by atoms with Crippen LogP contribution in [0.5, 0.6) is 0 Å². The van der Waals surface area contributed by atoms with E-state index in [0.717, 1.165) is 12.2 Å². The maximum absolute atomic E-state index is 4.45. The van der Waals surface area contributed by atoms with Crippen molar-refractivity contribution in [2.75, 3.05) is 13.2 Å². The molecule has 2 nitrogen and oxygen atoms in total. The van der Waals surface area contributed by atoms with Crippen molar-refractivity contribution in [3.8, 4) is 0 Å². The van der Waals surface area contributed by atoms with E-state index in [2.05, 4.69) is 37.5 Å². The Labute approximate surface area is 77.3 Å². The molecule has 0 saturated carbocycles. The van der Waals surface area contributed by atoms with Crippen LogP contribution < -0.4 is 10.1 Å². The molecule has 12 heavy (non-hydrogen) atoms. The van der Waals surface area contributed by atoms with E-state index in [1.165, 1.54) is 26.9 Å². The summed E-state index contributed by atoms with van der Waals surface area (Å²) in [5.74, 6) is 0. The molecule has 1 N–H and O–H groups in total. The number of nitrogens with one attached hydrogen (secondary N) is 1. The van der Waals surface area contributed by atoms with Gasteiger partial charge in [0.1, 0.15) is 0 Å². The van der Waals surface area contributed by atoms with E-state index < -0.39 is 0 Å². The van der Waals surface area contributed by atoms with Gasteiger partial charge in [-0.3, -0.25) is 5.32 Å². The van der Waals surface area contributed by atoms with Gasteiger partial charge in [-0.2, -0.15) is 4.74 Å². The van der Waals surface area contributed by atoms with Gasteiger partial charge in [0.25, 0.3) is 0 Å². The van der Waals surface area contributed by atoms with E-state index in [-0.39, 0.29) is 0 Å². The molecule has 0 aliphatic heterocycles. The summed E-state index contributed by atoms with van der Waals surface area (Å²) in [5.41, 5.74) is 2.33. The standard InChI is InChI=1S/C9H18N2P/c1-5-6-7-10-8(2)9(3)11-12-4/h5-7H2,1-4H3/p+1. The highest BCUT2D eigenvalue weighted by atomic mass is 31.1. The molecule has 0 aliphatic carbocycles. The Morgan fingerprint density at radius 3 is 2.58 bits per heavy atom. The lowest BCUT2D eigenvalue weighted by Gasteiger charge is -1.99. The molecule has 0 saturated heterocycles. The van der Waals surface area contributed by atoms with Crippen molar-refractivity contribution in [2.45, 2.75) is 33.6 Å². The zero-order chi connectivity index (χ0) is 9.40. The van der Waals surface area contributed by atoms with Crippen molar-refractivity contribution < 1.29 is 4.74 Å². The Hall–Kier alpha value is -0.360. The lowest BCUT2D eigenvalue weighted by Crippen LogP contribution is -2.59. The number of allylic oxidation sites excluding steroid dienone is 2. The summed E-state index contributed by atoms with van der Waals surface area (Å²) in [5, 5.41) is 4.45. The molecule has 0 unspecified atom stereocenters. The average molecular weight is 186 g/mol. The zero-order valence-corrected chi connectivity index (χ0v) is 9.41. The molecule has 0 fully saturated rings. The van der Waals surface area contributed by atoms with Gasteiger partial charge >= 0.3 is 0 Å². The van der Waals surface area contributed by atoms with E-state index in [9.17, 15) is 0 Å². The molecule has 0 aliphatic rings. The lowest BCUT2D eigenvalue weighted by molar-refractivity contribution is -0.368. The van der Waals surface area contributed by atoms with Crippen molar-refractivity contribution in [3.05, 3.63) is 11.4 Å². The van der Waals surface area contributed by atoms with Gasteiger partial charge in [0.2, 0.25) is 8.37 Å². The number of nitrogens with zero attached hydrogens (tertiary/aromatic N) is 1. The molecule has 0 amide bonds. The second kappa shape index (κ2) is 7.30. The maximum Gasteiger partial charge on any atom is 0.207 e. The zero-order valence-electron chi connectivity index (χ0n) is 8.52. The van der Waals surface area contributed by atoms with Crippen molar-refractivity contribution in [3.63, 3.8) is 0 Å². The van der Waals surface area contributed by atoms with Crippen molar-refractivity contribution in [2.24, 2.45) is 0 Å². The van der Waals surface area contributed by atoms with Gasteiger partial charge in [-0.05, 0) is 13.3 Å². The first-order valence-corrected chi connectivity index (χ1v) is 5.76. The molecular weight excluding hydrogens is 167 g/mol. The first kappa shape index (κ1) is 11.6. The van der Waals surface area contributed by atoms with Crippen molar-refractivity contribution in [1.82, 2.24) is 5.32 Å². The summed E-state index contributed by atoms with van der Waals surface area (Å²) < 4.78 is 3.23. The second-order valence-corrected chi connectivity index (χ2v) is 3.45. The highest BCUT2D eigenvalue weighted by Gasteiger charge is 1.99. The number of hydrogen-bond donors (Lipinski definition) is 1. The molecule has 0 bridgehead atoms. The quantitative estimate of drug-likeness (QED) is 0.497. The minimum Gasteiger partial charge on any atom is -0.284 e. The lowest BCUT2D eigenvalue weighted by atomic mass is 10.3. The van der Waals surface area contributed by atoms with Crippen LogP contribution >= 0.6 is 8.37 Å². The van der Waals surface area contributed by atoms with Crippen LogP contribution in [0, 0.1) is 0 Å². The number of rotatable bonds is 5. The fourth-order valence-corrected chi connectivity index (χ4v) is 1.27. The molecule has 0 aromatic carbocycles. The average Bonchev–Trinajstić information content (AvgIpc) is 2.05. The van der Waals surface area contributed by atoms with Crippen molar-refractivity contribution in [1.29, 1.82) is 0 Å². The van der Waals surface area contributed by atoms with E-state index in [1.807, 2.05) is 0 Å². The minimum absolute atomic E-state index is 0.960. The predicted molar refractivity (Wildman–Crippen MR) is 54.1 cm³/mol. The topological polar surface area (TPSA) is 28.1 Å². The minimum atomic E-state index is 0.960. The summed E-state index contributed by atoms with van der Waals surface area (Å²) in [7, 11) is 1.19. The van der Waals surface area contributed by atoms with Gasteiger partial charge in [0.05, 0.1) is 5.70 Å². The van der Waals surface area contributed by atoms with Gasteiger partial charge < -0.3 is 0 Å². The summed E-state index contributed by atoms with van der Waals surface area (Å²) in [6, 6.07) is 0. The van der Waals surface area contributed by atoms with Gasteiger partial charge in [-0.25, -0.2) is 0 Å². The van der Waals surface area contributed by atoms with Gasteiger partial charge in [0, 0.05) is 20.1 Å². The third-order valence-electron chi connectivity index (χ3n) is 1.68. The summed E-state index contributed by atoms with van der Waals surface area (Å²) in [6.07, 6.45) is 2.41. The van der Waals surface area contributed by atoms with Crippen LogP contribution in [0.2, 0.25) is 0 Å². The second-order valence-electron chi connectivity index (χ2n) is 2.78. The van der Waals surface area contributed by atoms with Gasteiger partial charge in [-0.1, -0.05) is 13.3 Å². The number of hydrogen-bond acceptors (Lipinski definition) is 0. The summed E-state index contributed by atoms with van der Waals surface area (Å²) >= 11 is 0. The van der Waals surface area contributed by atoms with E-state index in [1.54, 1.807) is 0 Å². The van der Waals surface area contributed by atoms with Crippen LogP contribution in [0.4, 0.5) is 0 Å². The normalized spacial score (nSPS) is 13.3. The van der Waals surface area contributed by atoms with Gasteiger partial charge in [0.15, 0.2) is 5.70 Å². The van der Waals surface area contributed by atoms with E-state index >= 15 is 0 Å². The highest BCUT2D eigenvalue weighted by Crippen LogP contribution is 1.94. The Morgan fingerprint density at radius 2 is 2.08 bits per heavy atom. The van der Waals surface area contributed by atoms with Crippen LogP contribution in [-0.2, 0) is 0 Å². The van der Waals surface area contributed by atoms with E-state index in [0.29, 0.717) is 0 Å². The van der Waals surface area contributed by atoms with Crippen LogP contribution in [-0.4, -0.2) is 13.2 Å². The summed E-state index contributed by atoms with van der Waals surface area (Å²) in [4.78, 5) is 0. The first-order chi connectivity index (χ1) is 5.72. The maximum atomic E-state index is 4.45. The van der Waals surface area contributed by atoms with E-state index in [4.69, 9.17) is 0 Å². The monoisotopic (exact) mass is 186 g/mol. The van der Waals surface area contributed by atoms with Crippen LogP contribution in [0.3, 0.4) is 0 Å². The first-order valence-electron chi connectivity index (χ1n) is 4.42. The molecule has 3 heteroatoms. The molecule has 0 heterocycles. The smallest absolute Gasteiger partial charge is 0.207 e. The predicted octanol–water partition coefficient (Wildman–Crippen LogP) is 1.48. The third-order valence-corrected chi connectivity index (χ3v) is 2.24. The van der Waals surface area contributed by atoms with Crippen LogP contribution in [0.15, 0.2) is 11.4 Å². The Balaban J connectivity index is 3.82. The van der Waals surface area contributed by atoms with Crippen LogP contribution in [0.1, 0.15) is 33.6 Å². The fraction of sp³-hybridized carbons (Fsp3) is 0.778. The van der Waals surface area contributed by atoms with Gasteiger partial charge in [-0.15, -0.1) is 0 Å². The molecule has 1 radical (unpaired) electrons. The fourth-order valence-electron chi connectivity index (χ4n) is 0.772. The third kappa shape index (κ3) is 5.31. The summed E-state index contributed by atoms with van der Waals surface area (Å²) in [6.45, 7) is 9.35. The van der Waals surface area contributed by atoms with Crippen molar-refractivity contribution >= 4 is 8.37 Å². The molecule has 0 aromatic rings. The molecule has 69 valence electrons. The SMILES string of the molecule is CCCC[N]C(C)=C(C)[NH+]=PC. The number of unbranched alkanes of at least 4 members (excludes halogenated alkanes) is 1. The van der Waals surface area contributed by atoms with Crippen LogP contribution in [0.25, 0.3) is 0 Å². The Morgan fingerprint density at radius 1 is 1.42 bits per heavy atom. The molecule has 0 atom stereocenters. The Kier molecular flexibility index (Phi) is 7.08. The highest BCUT2D eigenvalue weighted by molar-refractivity contribution is 7.22. The molecule has 0 rings (SSSR count).